The van der Waals surface area contributed by atoms with E-state index in [2.05, 4.69) is 10.6 Å². The number of rotatable bonds is 8. The fourth-order valence-electron chi connectivity index (χ4n) is 3.65. The maximum absolute atomic E-state index is 13.7. The molecule has 0 saturated heterocycles. The van der Waals surface area contributed by atoms with Crippen LogP contribution in [-0.4, -0.2) is 24.1 Å². The molecule has 0 aromatic heterocycles. The second-order valence-corrected chi connectivity index (χ2v) is 8.88. The molecule has 6 heteroatoms. The van der Waals surface area contributed by atoms with E-state index in [0.717, 1.165) is 11.4 Å². The fraction of sp³-hybridized carbons (Fsp3) is 0.417. The van der Waals surface area contributed by atoms with Crippen molar-refractivity contribution in [2.24, 2.45) is 5.92 Å². The largest absolute Gasteiger partial charge is 0.355 e. The van der Waals surface area contributed by atoms with Crippen LogP contribution in [0.1, 0.15) is 53.6 Å². The number of hydrogen-bond donors (Lipinski definition) is 2. The van der Waals surface area contributed by atoms with Gasteiger partial charge in [0.15, 0.2) is 0 Å². The van der Waals surface area contributed by atoms with E-state index in [1.807, 2.05) is 12.1 Å². The maximum atomic E-state index is 13.7. The first-order valence-corrected chi connectivity index (χ1v) is 11.5. The van der Waals surface area contributed by atoms with E-state index in [-0.39, 0.29) is 29.9 Å². The van der Waals surface area contributed by atoms with E-state index in [1.54, 1.807) is 31.2 Å². The molecule has 4 nitrogen and oxygen atoms in total. The predicted molar refractivity (Wildman–Crippen MR) is 119 cm³/mol. The van der Waals surface area contributed by atoms with Gasteiger partial charge in [-0.05, 0) is 55.0 Å². The molecule has 160 valence electrons. The van der Waals surface area contributed by atoms with E-state index in [9.17, 15) is 14.0 Å². The molecule has 0 radical (unpaired) electrons. The minimum Gasteiger partial charge on any atom is -0.355 e. The molecular weight excluding hydrogens is 399 g/mol. The van der Waals surface area contributed by atoms with Crippen molar-refractivity contribution in [3.05, 3.63) is 65.0 Å². The molecule has 2 aromatic rings. The normalized spacial score (nSPS) is 14.3. The Morgan fingerprint density at radius 3 is 2.60 bits per heavy atom. The first-order chi connectivity index (χ1) is 14.5. The smallest absolute Gasteiger partial charge is 0.252 e. The number of thioether (sulfide) groups is 1. The number of benzene rings is 2. The van der Waals surface area contributed by atoms with Gasteiger partial charge in [-0.25, -0.2) is 4.39 Å². The third kappa shape index (κ3) is 6.59. The summed E-state index contributed by atoms with van der Waals surface area (Å²) in [6.45, 7) is 2.70. The van der Waals surface area contributed by atoms with Crippen LogP contribution in [0.5, 0.6) is 0 Å². The third-order valence-corrected chi connectivity index (χ3v) is 6.57. The van der Waals surface area contributed by atoms with Crippen molar-refractivity contribution < 1.29 is 14.0 Å². The van der Waals surface area contributed by atoms with Gasteiger partial charge in [0.25, 0.3) is 5.91 Å². The Balaban J connectivity index is 1.50. The molecule has 2 aromatic carbocycles. The highest BCUT2D eigenvalue weighted by Gasteiger charge is 2.16. The Morgan fingerprint density at radius 1 is 1.07 bits per heavy atom. The molecule has 0 bridgehead atoms. The lowest BCUT2D eigenvalue weighted by atomic mass is 9.89. The lowest BCUT2D eigenvalue weighted by Crippen LogP contribution is -2.31. The zero-order valence-corrected chi connectivity index (χ0v) is 18.2. The van der Waals surface area contributed by atoms with Gasteiger partial charge in [0.1, 0.15) is 5.82 Å². The van der Waals surface area contributed by atoms with Crippen molar-refractivity contribution in [2.45, 2.75) is 50.5 Å². The van der Waals surface area contributed by atoms with Crippen LogP contribution in [-0.2, 0) is 11.3 Å². The number of halogens is 1. The van der Waals surface area contributed by atoms with Crippen molar-refractivity contribution in [1.29, 1.82) is 0 Å². The van der Waals surface area contributed by atoms with Gasteiger partial charge < -0.3 is 10.6 Å². The van der Waals surface area contributed by atoms with Gasteiger partial charge in [0.2, 0.25) is 5.91 Å². The van der Waals surface area contributed by atoms with Gasteiger partial charge in [0, 0.05) is 18.0 Å². The summed E-state index contributed by atoms with van der Waals surface area (Å²) in [6, 6.07) is 12.2. The average Bonchev–Trinajstić information content (AvgIpc) is 2.77. The van der Waals surface area contributed by atoms with Crippen LogP contribution in [0, 0.1) is 18.7 Å². The molecule has 2 N–H and O–H groups in total. The Bertz CT molecular complexity index is 881. The summed E-state index contributed by atoms with van der Waals surface area (Å²) in [4.78, 5) is 25.7. The Labute approximate surface area is 182 Å². The monoisotopic (exact) mass is 428 g/mol. The Morgan fingerprint density at radius 2 is 1.83 bits per heavy atom. The number of carbonyl (C=O) groups excluding carboxylic acids is 2. The highest BCUT2D eigenvalue weighted by molar-refractivity contribution is 8.00. The van der Waals surface area contributed by atoms with E-state index in [4.69, 9.17) is 0 Å². The Kier molecular flexibility index (Phi) is 8.31. The summed E-state index contributed by atoms with van der Waals surface area (Å²) in [6.07, 6.45) is 6.21. The maximum Gasteiger partial charge on any atom is 0.252 e. The first-order valence-electron chi connectivity index (χ1n) is 10.5. The topological polar surface area (TPSA) is 58.2 Å². The van der Waals surface area contributed by atoms with Crippen molar-refractivity contribution in [3.63, 3.8) is 0 Å². The fourth-order valence-corrected chi connectivity index (χ4v) is 4.53. The van der Waals surface area contributed by atoms with Crippen LogP contribution >= 0.6 is 11.8 Å². The molecule has 0 heterocycles. The molecule has 30 heavy (non-hydrogen) atoms. The number of hydrogen-bond acceptors (Lipinski definition) is 3. The number of aryl methyl sites for hydroxylation is 1. The van der Waals surface area contributed by atoms with Gasteiger partial charge >= 0.3 is 0 Å². The van der Waals surface area contributed by atoms with E-state index in [0.29, 0.717) is 22.6 Å². The van der Waals surface area contributed by atoms with Crippen LogP contribution < -0.4 is 10.6 Å². The van der Waals surface area contributed by atoms with Gasteiger partial charge in [-0.2, -0.15) is 0 Å². The summed E-state index contributed by atoms with van der Waals surface area (Å²) in [7, 11) is 0. The lowest BCUT2D eigenvalue weighted by molar-refractivity contribution is -0.118. The molecule has 0 aliphatic heterocycles. The SMILES string of the molecule is Cc1ccc(CNC(=O)c2ccccc2SCC(=O)NCC2CCCCC2)cc1F. The highest BCUT2D eigenvalue weighted by Crippen LogP contribution is 2.24. The number of amides is 2. The predicted octanol–water partition coefficient (Wildman–Crippen LogP) is 4.85. The molecule has 2 amide bonds. The second kappa shape index (κ2) is 11.2. The van der Waals surface area contributed by atoms with E-state index < -0.39 is 0 Å². The molecule has 1 aliphatic carbocycles. The molecule has 1 saturated carbocycles. The van der Waals surface area contributed by atoms with Crippen LogP contribution in [0.4, 0.5) is 4.39 Å². The molecular formula is C24H29FN2O2S. The summed E-state index contributed by atoms with van der Waals surface area (Å²) in [5, 5.41) is 5.87. The summed E-state index contributed by atoms with van der Waals surface area (Å²) in [5.41, 5.74) is 1.81. The molecule has 3 rings (SSSR count). The van der Waals surface area contributed by atoms with Crippen molar-refractivity contribution in [3.8, 4) is 0 Å². The molecule has 1 aliphatic rings. The van der Waals surface area contributed by atoms with Crippen molar-refractivity contribution >= 4 is 23.6 Å². The summed E-state index contributed by atoms with van der Waals surface area (Å²) >= 11 is 1.36. The average molecular weight is 429 g/mol. The van der Waals surface area contributed by atoms with Crippen LogP contribution in [0.2, 0.25) is 0 Å². The quantitative estimate of drug-likeness (QED) is 0.591. The van der Waals surface area contributed by atoms with E-state index >= 15 is 0 Å². The van der Waals surface area contributed by atoms with Crippen LogP contribution in [0.3, 0.4) is 0 Å². The number of nitrogens with one attached hydrogen (secondary N) is 2. The van der Waals surface area contributed by atoms with Crippen molar-refractivity contribution in [1.82, 2.24) is 10.6 Å². The Hall–Kier alpha value is -2.34. The van der Waals surface area contributed by atoms with Crippen LogP contribution in [0.15, 0.2) is 47.4 Å². The minimum atomic E-state index is -0.281. The zero-order valence-electron chi connectivity index (χ0n) is 17.4. The molecule has 0 spiro atoms. The first kappa shape index (κ1) is 22.3. The standard InChI is InChI=1S/C24H29FN2O2S/c1-17-11-12-19(13-21(17)25)15-27-24(29)20-9-5-6-10-22(20)30-16-23(28)26-14-18-7-3-2-4-8-18/h5-6,9-13,18H,2-4,7-8,14-16H2,1H3,(H,26,28)(H,27,29). The molecule has 0 atom stereocenters. The van der Waals surface area contributed by atoms with Gasteiger partial charge in [-0.3, -0.25) is 9.59 Å². The van der Waals surface area contributed by atoms with Gasteiger partial charge in [-0.1, -0.05) is 43.5 Å². The lowest BCUT2D eigenvalue weighted by Gasteiger charge is -2.21. The van der Waals surface area contributed by atoms with E-state index in [1.165, 1.54) is 49.9 Å². The highest BCUT2D eigenvalue weighted by atomic mass is 32.2. The molecule has 0 unspecified atom stereocenters. The summed E-state index contributed by atoms with van der Waals surface area (Å²) in [5.74, 6) is 0.354. The number of carbonyl (C=O) groups is 2. The van der Waals surface area contributed by atoms with Crippen LogP contribution in [0.25, 0.3) is 0 Å². The zero-order chi connectivity index (χ0) is 21.3. The van der Waals surface area contributed by atoms with Gasteiger partial charge in [0.05, 0.1) is 11.3 Å². The minimum absolute atomic E-state index is 0.00378. The summed E-state index contributed by atoms with van der Waals surface area (Å²) < 4.78 is 13.7. The molecule has 1 fully saturated rings. The third-order valence-electron chi connectivity index (χ3n) is 5.49. The van der Waals surface area contributed by atoms with Gasteiger partial charge in [-0.15, -0.1) is 11.8 Å². The second-order valence-electron chi connectivity index (χ2n) is 7.86. The van der Waals surface area contributed by atoms with Crippen molar-refractivity contribution in [2.75, 3.05) is 12.3 Å².